The van der Waals surface area contributed by atoms with Crippen molar-refractivity contribution in [3.63, 3.8) is 0 Å². The Balaban J connectivity index is 1.35. The van der Waals surface area contributed by atoms with E-state index in [-0.39, 0.29) is 12.5 Å². The third-order valence-electron chi connectivity index (χ3n) is 4.47. The monoisotopic (exact) mass is 334 g/mol. The van der Waals surface area contributed by atoms with Gasteiger partial charge in [-0.05, 0) is 54.7 Å². The van der Waals surface area contributed by atoms with Crippen molar-refractivity contribution in [1.29, 1.82) is 0 Å². The Morgan fingerprint density at radius 1 is 1.04 bits per heavy atom. The summed E-state index contributed by atoms with van der Waals surface area (Å²) in [7, 11) is 0. The largest absolute Gasteiger partial charge is 0.451 e. The normalized spacial score (nSPS) is 12.8. The Hall–Kier alpha value is -3.08. The van der Waals surface area contributed by atoms with Gasteiger partial charge in [0.25, 0.3) is 5.91 Å². The van der Waals surface area contributed by atoms with Gasteiger partial charge in [0.15, 0.2) is 6.61 Å². The Kier molecular flexibility index (Phi) is 3.98. The molecular formula is C20H18N2O3. The number of amides is 1. The lowest BCUT2D eigenvalue weighted by atomic mass is 10.1. The molecule has 0 fully saturated rings. The predicted octanol–water partition coefficient (Wildman–Crippen LogP) is 3.45. The Bertz CT molecular complexity index is 925. The van der Waals surface area contributed by atoms with Crippen LogP contribution in [0.5, 0.6) is 0 Å². The number of ether oxygens (including phenoxy) is 1. The molecule has 1 heterocycles. The third kappa shape index (κ3) is 3.26. The molecule has 0 saturated carbocycles. The molecule has 5 nitrogen and oxygen atoms in total. The van der Waals surface area contributed by atoms with Gasteiger partial charge in [-0.15, -0.1) is 0 Å². The molecule has 5 heteroatoms. The van der Waals surface area contributed by atoms with E-state index in [1.807, 2.05) is 36.4 Å². The molecule has 1 aliphatic rings. The summed E-state index contributed by atoms with van der Waals surface area (Å²) in [5, 5.41) is 3.71. The van der Waals surface area contributed by atoms with Gasteiger partial charge in [-0.25, -0.2) is 4.79 Å². The maximum absolute atomic E-state index is 12.1. The quantitative estimate of drug-likeness (QED) is 0.718. The average molecular weight is 334 g/mol. The number of H-pyrrole nitrogens is 1. The summed E-state index contributed by atoms with van der Waals surface area (Å²) in [5.74, 6) is -0.886. The lowest BCUT2D eigenvalue weighted by Crippen LogP contribution is -2.21. The minimum Gasteiger partial charge on any atom is -0.451 e. The van der Waals surface area contributed by atoms with Crippen LogP contribution in [0.4, 0.5) is 5.69 Å². The van der Waals surface area contributed by atoms with Crippen LogP contribution in [0.1, 0.15) is 28.0 Å². The zero-order valence-electron chi connectivity index (χ0n) is 13.7. The molecule has 2 N–H and O–H groups in total. The molecule has 0 bridgehead atoms. The van der Waals surface area contributed by atoms with Gasteiger partial charge in [-0.2, -0.15) is 0 Å². The molecule has 0 radical (unpaired) electrons. The molecule has 1 aliphatic carbocycles. The van der Waals surface area contributed by atoms with Gasteiger partial charge in [0, 0.05) is 16.6 Å². The number of rotatable bonds is 4. The minimum absolute atomic E-state index is 0.314. The summed E-state index contributed by atoms with van der Waals surface area (Å²) in [6, 6.07) is 15.2. The first-order valence-corrected chi connectivity index (χ1v) is 8.35. The number of hydrogen-bond acceptors (Lipinski definition) is 3. The number of aromatic amines is 1. The highest BCUT2D eigenvalue weighted by Gasteiger charge is 2.14. The van der Waals surface area contributed by atoms with E-state index in [0.29, 0.717) is 5.69 Å². The highest BCUT2D eigenvalue weighted by molar-refractivity contribution is 5.97. The van der Waals surface area contributed by atoms with Crippen molar-refractivity contribution < 1.29 is 14.3 Å². The lowest BCUT2D eigenvalue weighted by molar-refractivity contribution is -0.119. The van der Waals surface area contributed by atoms with Gasteiger partial charge >= 0.3 is 5.97 Å². The lowest BCUT2D eigenvalue weighted by Gasteiger charge is -2.08. The molecule has 0 aliphatic heterocycles. The van der Waals surface area contributed by atoms with Crippen molar-refractivity contribution >= 4 is 28.5 Å². The number of benzene rings is 2. The molecule has 2 aromatic carbocycles. The van der Waals surface area contributed by atoms with Crippen LogP contribution in [0.2, 0.25) is 0 Å². The van der Waals surface area contributed by atoms with Crippen molar-refractivity contribution in [1.82, 2.24) is 4.98 Å². The van der Waals surface area contributed by atoms with E-state index in [1.165, 1.54) is 11.1 Å². The summed E-state index contributed by atoms with van der Waals surface area (Å²) in [5.41, 5.74) is 4.58. The van der Waals surface area contributed by atoms with Crippen LogP contribution < -0.4 is 5.32 Å². The molecular weight excluding hydrogens is 316 g/mol. The topological polar surface area (TPSA) is 71.2 Å². The van der Waals surface area contributed by atoms with Crippen LogP contribution in [0.25, 0.3) is 10.9 Å². The fraction of sp³-hybridized carbons (Fsp3) is 0.200. The molecule has 3 aromatic rings. The molecule has 1 aromatic heterocycles. The van der Waals surface area contributed by atoms with E-state index in [2.05, 4.69) is 16.4 Å². The van der Waals surface area contributed by atoms with E-state index < -0.39 is 5.97 Å². The zero-order chi connectivity index (χ0) is 17.2. The fourth-order valence-corrected chi connectivity index (χ4v) is 3.24. The predicted molar refractivity (Wildman–Crippen MR) is 95.7 cm³/mol. The molecule has 0 saturated heterocycles. The van der Waals surface area contributed by atoms with E-state index >= 15 is 0 Å². The van der Waals surface area contributed by atoms with Gasteiger partial charge in [0.1, 0.15) is 5.69 Å². The number of carbonyl (C=O) groups is 2. The molecule has 1 amide bonds. The smallest absolute Gasteiger partial charge is 0.355 e. The van der Waals surface area contributed by atoms with E-state index in [1.54, 1.807) is 6.07 Å². The standard InChI is InChI=1S/C20H18N2O3/c23-19(21-16-9-8-13-5-3-6-14(13)10-16)12-25-20(24)18-11-15-4-1-2-7-17(15)22-18/h1-2,4,7-11,22H,3,5-6,12H2,(H,21,23). The second kappa shape index (κ2) is 6.43. The number of anilines is 1. The number of fused-ring (bicyclic) bond motifs is 2. The average Bonchev–Trinajstić information content (AvgIpc) is 3.25. The van der Waals surface area contributed by atoms with Crippen molar-refractivity contribution in [2.24, 2.45) is 0 Å². The molecule has 4 rings (SSSR count). The molecule has 0 atom stereocenters. The van der Waals surface area contributed by atoms with Crippen LogP contribution in [-0.2, 0) is 22.4 Å². The summed E-state index contributed by atoms with van der Waals surface area (Å²) >= 11 is 0. The zero-order valence-corrected chi connectivity index (χ0v) is 13.7. The molecule has 126 valence electrons. The van der Waals surface area contributed by atoms with Gasteiger partial charge in [-0.1, -0.05) is 24.3 Å². The Morgan fingerprint density at radius 3 is 2.76 bits per heavy atom. The van der Waals surface area contributed by atoms with E-state index in [0.717, 1.165) is 35.9 Å². The van der Waals surface area contributed by atoms with Crippen molar-refractivity contribution in [3.8, 4) is 0 Å². The van der Waals surface area contributed by atoms with Gasteiger partial charge in [0.05, 0.1) is 0 Å². The van der Waals surface area contributed by atoms with Crippen LogP contribution >= 0.6 is 0 Å². The van der Waals surface area contributed by atoms with Gasteiger partial charge < -0.3 is 15.0 Å². The summed E-state index contributed by atoms with van der Waals surface area (Å²) in [6.07, 6.45) is 3.31. The van der Waals surface area contributed by atoms with Crippen LogP contribution in [0, 0.1) is 0 Å². The Labute approximate surface area is 145 Å². The Morgan fingerprint density at radius 2 is 1.88 bits per heavy atom. The summed E-state index contributed by atoms with van der Waals surface area (Å²) in [6.45, 7) is -0.314. The first-order valence-electron chi connectivity index (χ1n) is 8.35. The van der Waals surface area contributed by atoms with E-state index in [4.69, 9.17) is 4.74 Å². The number of para-hydroxylation sites is 1. The number of aromatic nitrogens is 1. The van der Waals surface area contributed by atoms with Gasteiger partial charge in [-0.3, -0.25) is 4.79 Å². The second-order valence-electron chi connectivity index (χ2n) is 6.23. The third-order valence-corrected chi connectivity index (χ3v) is 4.47. The number of nitrogens with one attached hydrogen (secondary N) is 2. The molecule has 25 heavy (non-hydrogen) atoms. The molecule has 0 unspecified atom stereocenters. The number of carbonyl (C=O) groups excluding carboxylic acids is 2. The fourth-order valence-electron chi connectivity index (χ4n) is 3.24. The number of aryl methyl sites for hydroxylation is 2. The maximum Gasteiger partial charge on any atom is 0.355 e. The molecule has 0 spiro atoms. The van der Waals surface area contributed by atoms with Crippen LogP contribution in [-0.4, -0.2) is 23.5 Å². The van der Waals surface area contributed by atoms with Crippen molar-refractivity contribution in [2.75, 3.05) is 11.9 Å². The SMILES string of the molecule is O=C(COC(=O)c1cc2ccccc2[nH]1)Nc1ccc2c(c1)CCC2. The number of hydrogen-bond donors (Lipinski definition) is 2. The highest BCUT2D eigenvalue weighted by atomic mass is 16.5. The summed E-state index contributed by atoms with van der Waals surface area (Å²) in [4.78, 5) is 27.1. The number of esters is 1. The van der Waals surface area contributed by atoms with Crippen LogP contribution in [0.3, 0.4) is 0 Å². The van der Waals surface area contributed by atoms with Crippen molar-refractivity contribution in [3.05, 3.63) is 65.4 Å². The van der Waals surface area contributed by atoms with Gasteiger partial charge in [0.2, 0.25) is 0 Å². The van der Waals surface area contributed by atoms with Crippen molar-refractivity contribution in [2.45, 2.75) is 19.3 Å². The first kappa shape index (κ1) is 15.4. The minimum atomic E-state index is -0.541. The second-order valence-corrected chi connectivity index (χ2v) is 6.23. The summed E-state index contributed by atoms with van der Waals surface area (Å²) < 4.78 is 5.10. The highest BCUT2D eigenvalue weighted by Crippen LogP contribution is 2.24. The van der Waals surface area contributed by atoms with E-state index in [9.17, 15) is 9.59 Å². The van der Waals surface area contributed by atoms with Crippen LogP contribution in [0.15, 0.2) is 48.5 Å². The first-order chi connectivity index (χ1) is 12.2. The maximum atomic E-state index is 12.1.